The van der Waals surface area contributed by atoms with Gasteiger partial charge in [0.2, 0.25) is 0 Å². The van der Waals surface area contributed by atoms with Gasteiger partial charge in [-0.15, -0.1) is 0 Å². The lowest BCUT2D eigenvalue weighted by molar-refractivity contribution is 0.102. The van der Waals surface area contributed by atoms with E-state index >= 15 is 0 Å². The molecule has 1 aromatic carbocycles. The second-order valence-corrected chi connectivity index (χ2v) is 5.42. The molecule has 1 fully saturated rings. The van der Waals surface area contributed by atoms with E-state index in [2.05, 4.69) is 4.98 Å². The molecule has 1 aliphatic rings. The minimum Gasteiger partial charge on any atom is -0.489 e. The molecule has 5 nitrogen and oxygen atoms in total. The zero-order chi connectivity index (χ0) is 14.8. The van der Waals surface area contributed by atoms with E-state index in [-0.39, 0.29) is 18.2 Å². The normalized spacial score (nSPS) is 18.3. The molecule has 0 saturated carbocycles. The number of pyridine rings is 1. The van der Waals surface area contributed by atoms with Crippen molar-refractivity contribution in [3.05, 3.63) is 36.7 Å². The van der Waals surface area contributed by atoms with Gasteiger partial charge in [-0.25, -0.2) is 4.79 Å². The van der Waals surface area contributed by atoms with Crippen molar-refractivity contribution in [1.82, 2.24) is 9.88 Å². The Labute approximate surface area is 123 Å². The molecule has 0 N–H and O–H groups in total. The summed E-state index contributed by atoms with van der Waals surface area (Å²) in [6, 6.07) is 7.91. The SMILES string of the molecule is CC(C)N1CC(COc2cccc3cnccc23)OC1=O. The smallest absolute Gasteiger partial charge is 0.410 e. The summed E-state index contributed by atoms with van der Waals surface area (Å²) in [7, 11) is 0. The van der Waals surface area contributed by atoms with E-state index in [0.717, 1.165) is 16.5 Å². The van der Waals surface area contributed by atoms with Crippen molar-refractivity contribution >= 4 is 16.9 Å². The Morgan fingerprint density at radius 2 is 2.29 bits per heavy atom. The number of ether oxygens (including phenoxy) is 2. The zero-order valence-electron chi connectivity index (χ0n) is 12.2. The maximum Gasteiger partial charge on any atom is 0.410 e. The van der Waals surface area contributed by atoms with Crippen LogP contribution < -0.4 is 4.74 Å². The van der Waals surface area contributed by atoms with Crippen LogP contribution in [0, 0.1) is 0 Å². The van der Waals surface area contributed by atoms with Crippen LogP contribution in [0.25, 0.3) is 10.8 Å². The average molecular weight is 286 g/mol. The first-order valence-electron chi connectivity index (χ1n) is 7.08. The van der Waals surface area contributed by atoms with Gasteiger partial charge in [-0.3, -0.25) is 4.98 Å². The molecular formula is C16H18N2O3. The summed E-state index contributed by atoms with van der Waals surface area (Å²) in [5.74, 6) is 0.786. The fraction of sp³-hybridized carbons (Fsp3) is 0.375. The maximum atomic E-state index is 11.7. The molecule has 0 radical (unpaired) electrons. The third kappa shape index (κ3) is 2.77. The molecule has 0 aliphatic carbocycles. The highest BCUT2D eigenvalue weighted by Crippen LogP contribution is 2.25. The minimum absolute atomic E-state index is 0.145. The monoisotopic (exact) mass is 286 g/mol. The number of fused-ring (bicyclic) bond motifs is 1. The molecule has 2 aromatic rings. The topological polar surface area (TPSA) is 51.7 Å². The van der Waals surface area contributed by atoms with Gasteiger partial charge in [0.05, 0.1) is 6.54 Å². The second kappa shape index (κ2) is 5.60. The first kappa shape index (κ1) is 13.7. The highest BCUT2D eigenvalue weighted by atomic mass is 16.6. The molecule has 1 atom stereocenters. The third-order valence-electron chi connectivity index (χ3n) is 3.59. The van der Waals surface area contributed by atoms with E-state index in [1.54, 1.807) is 17.3 Å². The van der Waals surface area contributed by atoms with E-state index in [0.29, 0.717) is 13.2 Å². The lowest BCUT2D eigenvalue weighted by Gasteiger charge is -2.17. The standard InChI is InChI=1S/C16H18N2O3/c1-11(2)18-9-13(21-16(18)19)10-20-15-5-3-4-12-8-17-7-6-14(12)15/h3-8,11,13H,9-10H2,1-2H3. The van der Waals surface area contributed by atoms with Crippen LogP contribution in [-0.2, 0) is 4.74 Å². The lowest BCUT2D eigenvalue weighted by atomic mass is 10.1. The molecule has 1 saturated heterocycles. The van der Waals surface area contributed by atoms with Crippen molar-refractivity contribution in [1.29, 1.82) is 0 Å². The highest BCUT2D eigenvalue weighted by Gasteiger charge is 2.33. The predicted octanol–water partition coefficient (Wildman–Crippen LogP) is 2.84. The lowest BCUT2D eigenvalue weighted by Crippen LogP contribution is -2.32. The number of benzene rings is 1. The van der Waals surface area contributed by atoms with E-state index in [4.69, 9.17) is 9.47 Å². The van der Waals surface area contributed by atoms with Crippen LogP contribution >= 0.6 is 0 Å². The van der Waals surface area contributed by atoms with Crippen LogP contribution in [0.3, 0.4) is 0 Å². The second-order valence-electron chi connectivity index (χ2n) is 5.42. The van der Waals surface area contributed by atoms with Gasteiger partial charge in [-0.2, -0.15) is 0 Å². The Bertz CT molecular complexity index is 652. The number of carbonyl (C=O) groups is 1. The molecule has 21 heavy (non-hydrogen) atoms. The number of nitrogens with zero attached hydrogens (tertiary/aromatic N) is 2. The van der Waals surface area contributed by atoms with Gasteiger partial charge in [-0.1, -0.05) is 12.1 Å². The molecule has 1 aliphatic heterocycles. The summed E-state index contributed by atoms with van der Waals surface area (Å²) in [4.78, 5) is 17.5. The fourth-order valence-electron chi connectivity index (χ4n) is 2.45. The first-order valence-corrected chi connectivity index (χ1v) is 7.08. The largest absolute Gasteiger partial charge is 0.489 e. The number of aromatic nitrogens is 1. The molecule has 1 amide bonds. The van der Waals surface area contributed by atoms with Crippen LogP contribution in [0.2, 0.25) is 0 Å². The summed E-state index contributed by atoms with van der Waals surface area (Å²) in [5.41, 5.74) is 0. The molecule has 2 heterocycles. The number of hydrogen-bond donors (Lipinski definition) is 0. The van der Waals surface area contributed by atoms with E-state index in [9.17, 15) is 4.79 Å². The minimum atomic E-state index is -0.263. The van der Waals surface area contributed by atoms with Gasteiger partial charge in [0, 0.05) is 29.2 Å². The van der Waals surface area contributed by atoms with Crippen LogP contribution in [0.15, 0.2) is 36.7 Å². The Morgan fingerprint density at radius 3 is 3.05 bits per heavy atom. The Morgan fingerprint density at radius 1 is 1.43 bits per heavy atom. The van der Waals surface area contributed by atoms with Crippen LogP contribution in [0.4, 0.5) is 4.79 Å². The van der Waals surface area contributed by atoms with Crippen molar-refractivity contribution in [2.24, 2.45) is 0 Å². The van der Waals surface area contributed by atoms with E-state index in [1.165, 1.54) is 0 Å². The highest BCUT2D eigenvalue weighted by molar-refractivity contribution is 5.87. The summed E-state index contributed by atoms with van der Waals surface area (Å²) in [5, 5.41) is 2.04. The maximum absolute atomic E-state index is 11.7. The quantitative estimate of drug-likeness (QED) is 0.867. The first-order chi connectivity index (χ1) is 10.1. The summed E-state index contributed by atoms with van der Waals surface area (Å²) in [6.45, 7) is 4.88. The van der Waals surface area contributed by atoms with E-state index in [1.807, 2.05) is 38.1 Å². The van der Waals surface area contributed by atoms with Crippen LogP contribution in [0.1, 0.15) is 13.8 Å². The number of amides is 1. The molecule has 110 valence electrons. The molecule has 3 rings (SSSR count). The fourth-order valence-corrected chi connectivity index (χ4v) is 2.45. The summed E-state index contributed by atoms with van der Waals surface area (Å²) >= 11 is 0. The van der Waals surface area contributed by atoms with Gasteiger partial charge in [-0.05, 0) is 26.0 Å². The van der Waals surface area contributed by atoms with Crippen molar-refractivity contribution in [2.45, 2.75) is 26.0 Å². The van der Waals surface area contributed by atoms with Crippen molar-refractivity contribution in [3.8, 4) is 5.75 Å². The average Bonchev–Trinajstić information content (AvgIpc) is 2.86. The van der Waals surface area contributed by atoms with Crippen molar-refractivity contribution in [2.75, 3.05) is 13.2 Å². The number of cyclic esters (lactones) is 1. The van der Waals surface area contributed by atoms with Gasteiger partial charge in [0.1, 0.15) is 12.4 Å². The van der Waals surface area contributed by atoms with Crippen LogP contribution in [-0.4, -0.2) is 41.3 Å². The third-order valence-corrected chi connectivity index (χ3v) is 3.59. The molecule has 0 bridgehead atoms. The Balaban J connectivity index is 1.69. The van der Waals surface area contributed by atoms with Gasteiger partial charge in [0.15, 0.2) is 6.10 Å². The van der Waals surface area contributed by atoms with Gasteiger partial charge < -0.3 is 14.4 Å². The number of rotatable bonds is 4. The number of carbonyl (C=O) groups excluding carboxylic acids is 1. The molecule has 0 spiro atoms. The molecule has 1 aromatic heterocycles. The molecule has 5 heteroatoms. The Hall–Kier alpha value is -2.30. The zero-order valence-corrected chi connectivity index (χ0v) is 12.2. The van der Waals surface area contributed by atoms with Gasteiger partial charge >= 0.3 is 6.09 Å². The summed E-state index contributed by atoms with van der Waals surface area (Å²) in [6.07, 6.45) is 3.06. The summed E-state index contributed by atoms with van der Waals surface area (Å²) < 4.78 is 11.2. The van der Waals surface area contributed by atoms with Crippen LogP contribution in [0.5, 0.6) is 5.75 Å². The van der Waals surface area contributed by atoms with Crippen molar-refractivity contribution < 1.29 is 14.3 Å². The predicted molar refractivity (Wildman–Crippen MR) is 79.3 cm³/mol. The van der Waals surface area contributed by atoms with Gasteiger partial charge in [0.25, 0.3) is 0 Å². The van der Waals surface area contributed by atoms with Crippen molar-refractivity contribution in [3.63, 3.8) is 0 Å². The molecule has 1 unspecified atom stereocenters. The number of hydrogen-bond acceptors (Lipinski definition) is 4. The van der Waals surface area contributed by atoms with E-state index < -0.39 is 0 Å². The Kier molecular flexibility index (Phi) is 3.64. The molecular weight excluding hydrogens is 268 g/mol.